The van der Waals surface area contributed by atoms with Crippen LogP contribution in [0.15, 0.2) is 0 Å². The second-order valence-corrected chi connectivity index (χ2v) is 16.2. The Bertz CT molecular complexity index is 326. The fourth-order valence-corrected chi connectivity index (χ4v) is 7.16. The zero-order valence-corrected chi connectivity index (χ0v) is 18.5. The fourth-order valence-electron chi connectivity index (χ4n) is 2.76. The first-order valence-electron chi connectivity index (χ1n) is 9.28. The standard InChI is InChI=1S/C17H39NO3Si2/c1-8-14-20-22(6,7)15-12-13-18(5)16-17(19)21-23(9-2,10-3)11-4/h8-16H2,1-7H3. The summed E-state index contributed by atoms with van der Waals surface area (Å²) in [7, 11) is -1.33. The lowest BCUT2D eigenvalue weighted by Gasteiger charge is -2.29. The molecule has 0 amide bonds. The second kappa shape index (κ2) is 11.4. The molecule has 0 saturated carbocycles. The van der Waals surface area contributed by atoms with Gasteiger partial charge in [0.2, 0.25) is 0 Å². The second-order valence-electron chi connectivity index (χ2n) is 7.17. The predicted octanol–water partition coefficient (Wildman–Crippen LogP) is 4.49. The SMILES string of the molecule is CCCO[Si](C)(C)CCCN(C)CC(=O)O[Si](CC)(CC)CC. The minimum absolute atomic E-state index is 0.0385. The number of rotatable bonds is 13. The molecule has 23 heavy (non-hydrogen) atoms. The fraction of sp³-hybridized carbons (Fsp3) is 0.941. The lowest BCUT2D eigenvalue weighted by molar-refractivity contribution is -0.136. The van der Waals surface area contributed by atoms with Crippen molar-refractivity contribution in [2.24, 2.45) is 0 Å². The summed E-state index contributed by atoms with van der Waals surface area (Å²) in [5.74, 6) is -0.0385. The number of carbonyl (C=O) groups excluding carboxylic acids is 1. The molecule has 6 heteroatoms. The van der Waals surface area contributed by atoms with Crippen LogP contribution in [0.2, 0.25) is 37.3 Å². The first-order chi connectivity index (χ1) is 10.7. The van der Waals surface area contributed by atoms with Crippen LogP contribution in [-0.2, 0) is 13.6 Å². The van der Waals surface area contributed by atoms with Crippen LogP contribution in [0.4, 0.5) is 0 Å². The van der Waals surface area contributed by atoms with Crippen LogP contribution >= 0.6 is 0 Å². The van der Waals surface area contributed by atoms with E-state index in [4.69, 9.17) is 8.85 Å². The van der Waals surface area contributed by atoms with Crippen molar-refractivity contribution in [3.05, 3.63) is 0 Å². The van der Waals surface area contributed by atoms with Gasteiger partial charge in [-0.15, -0.1) is 0 Å². The van der Waals surface area contributed by atoms with E-state index in [1.54, 1.807) is 0 Å². The molecule has 0 aromatic heterocycles. The third-order valence-electron chi connectivity index (χ3n) is 4.68. The molecular weight excluding hydrogens is 322 g/mol. The largest absolute Gasteiger partial charge is 0.518 e. The van der Waals surface area contributed by atoms with Gasteiger partial charge < -0.3 is 8.85 Å². The summed E-state index contributed by atoms with van der Waals surface area (Å²) in [5, 5.41) is 0. The quantitative estimate of drug-likeness (QED) is 0.453. The highest BCUT2D eigenvalue weighted by Gasteiger charge is 2.32. The Morgan fingerprint density at radius 2 is 1.61 bits per heavy atom. The van der Waals surface area contributed by atoms with Crippen LogP contribution in [0.5, 0.6) is 0 Å². The van der Waals surface area contributed by atoms with E-state index in [1.807, 2.05) is 7.05 Å². The maximum atomic E-state index is 12.2. The summed E-state index contributed by atoms with van der Waals surface area (Å²) >= 11 is 0. The highest BCUT2D eigenvalue weighted by molar-refractivity contribution is 6.75. The van der Waals surface area contributed by atoms with Crippen LogP contribution in [0, 0.1) is 0 Å². The molecular formula is C17H39NO3Si2. The third-order valence-corrected chi connectivity index (χ3v) is 11.7. The van der Waals surface area contributed by atoms with E-state index >= 15 is 0 Å². The monoisotopic (exact) mass is 361 g/mol. The van der Waals surface area contributed by atoms with E-state index in [0.717, 1.165) is 50.2 Å². The van der Waals surface area contributed by atoms with Crippen LogP contribution in [-0.4, -0.2) is 54.2 Å². The van der Waals surface area contributed by atoms with Crippen molar-refractivity contribution in [1.29, 1.82) is 0 Å². The predicted molar refractivity (Wildman–Crippen MR) is 104 cm³/mol. The van der Waals surface area contributed by atoms with E-state index in [0.29, 0.717) is 6.54 Å². The molecule has 0 spiro atoms. The third kappa shape index (κ3) is 9.64. The van der Waals surface area contributed by atoms with Crippen molar-refractivity contribution in [2.75, 3.05) is 26.7 Å². The van der Waals surface area contributed by atoms with Crippen LogP contribution in [0.1, 0.15) is 40.5 Å². The lowest BCUT2D eigenvalue weighted by atomic mass is 10.4. The van der Waals surface area contributed by atoms with Gasteiger partial charge in [-0.2, -0.15) is 0 Å². The Morgan fingerprint density at radius 3 is 2.09 bits per heavy atom. The van der Waals surface area contributed by atoms with Gasteiger partial charge in [0, 0.05) is 6.61 Å². The van der Waals surface area contributed by atoms with Crippen molar-refractivity contribution < 1.29 is 13.6 Å². The number of hydrogen-bond acceptors (Lipinski definition) is 4. The Morgan fingerprint density at radius 1 is 1.04 bits per heavy atom. The van der Waals surface area contributed by atoms with E-state index in [2.05, 4.69) is 45.7 Å². The average Bonchev–Trinajstić information content (AvgIpc) is 2.50. The van der Waals surface area contributed by atoms with E-state index in [-0.39, 0.29) is 5.97 Å². The van der Waals surface area contributed by atoms with Gasteiger partial charge in [-0.25, -0.2) is 0 Å². The number of hydrogen-bond donors (Lipinski definition) is 0. The van der Waals surface area contributed by atoms with Gasteiger partial charge in [-0.1, -0.05) is 27.7 Å². The molecule has 0 saturated heterocycles. The molecule has 0 unspecified atom stereocenters. The molecule has 0 bridgehead atoms. The summed E-state index contributed by atoms with van der Waals surface area (Å²) in [5.41, 5.74) is 0. The van der Waals surface area contributed by atoms with Gasteiger partial charge >= 0.3 is 5.97 Å². The first kappa shape index (κ1) is 22.8. The van der Waals surface area contributed by atoms with Gasteiger partial charge in [0.05, 0.1) is 6.54 Å². The molecule has 138 valence electrons. The molecule has 0 aromatic carbocycles. The molecule has 0 aliphatic carbocycles. The van der Waals surface area contributed by atoms with E-state index in [1.165, 1.54) is 0 Å². The molecule has 0 aliphatic heterocycles. The summed E-state index contributed by atoms with van der Waals surface area (Å²) < 4.78 is 11.9. The van der Waals surface area contributed by atoms with Crippen molar-refractivity contribution in [1.82, 2.24) is 4.90 Å². The molecule has 0 fully saturated rings. The molecule has 0 rings (SSSR count). The molecule has 0 aromatic rings. The van der Waals surface area contributed by atoms with Crippen LogP contribution in [0.25, 0.3) is 0 Å². The zero-order valence-electron chi connectivity index (χ0n) is 16.5. The van der Waals surface area contributed by atoms with Crippen molar-refractivity contribution >= 4 is 22.6 Å². The average molecular weight is 362 g/mol. The highest BCUT2D eigenvalue weighted by atomic mass is 28.4. The lowest BCUT2D eigenvalue weighted by Crippen LogP contribution is -2.41. The minimum Gasteiger partial charge on any atom is -0.518 e. The van der Waals surface area contributed by atoms with Gasteiger partial charge in [-0.05, 0) is 63.7 Å². The molecule has 0 atom stereocenters. The van der Waals surface area contributed by atoms with Gasteiger partial charge in [-0.3, -0.25) is 9.69 Å². The van der Waals surface area contributed by atoms with Crippen molar-refractivity contribution in [3.8, 4) is 0 Å². The number of likely N-dealkylation sites (N-methyl/N-ethyl adjacent to an activating group) is 1. The van der Waals surface area contributed by atoms with Crippen LogP contribution in [0.3, 0.4) is 0 Å². The Balaban J connectivity index is 4.15. The zero-order chi connectivity index (χ0) is 17.9. The maximum absolute atomic E-state index is 12.2. The molecule has 0 aliphatic rings. The summed E-state index contributed by atoms with van der Waals surface area (Å²) in [6.45, 7) is 15.4. The van der Waals surface area contributed by atoms with Crippen LogP contribution < -0.4 is 0 Å². The minimum atomic E-state index is -1.81. The van der Waals surface area contributed by atoms with Gasteiger partial charge in [0.1, 0.15) is 0 Å². The molecule has 0 N–H and O–H groups in total. The Hall–Kier alpha value is -0.176. The van der Waals surface area contributed by atoms with Crippen molar-refractivity contribution in [3.63, 3.8) is 0 Å². The van der Waals surface area contributed by atoms with Gasteiger partial charge in [0.15, 0.2) is 8.32 Å². The summed E-state index contributed by atoms with van der Waals surface area (Å²) in [6, 6.07) is 4.20. The Labute approximate surface area is 146 Å². The van der Waals surface area contributed by atoms with E-state index < -0.39 is 16.6 Å². The maximum Gasteiger partial charge on any atom is 0.306 e. The van der Waals surface area contributed by atoms with Gasteiger partial charge in [0.25, 0.3) is 8.32 Å². The smallest absolute Gasteiger partial charge is 0.306 e. The Kier molecular flexibility index (Phi) is 11.3. The number of nitrogens with zero attached hydrogens (tertiary/aromatic N) is 1. The number of carbonyl (C=O) groups is 1. The molecule has 0 radical (unpaired) electrons. The summed E-state index contributed by atoms with van der Waals surface area (Å²) in [4.78, 5) is 14.3. The summed E-state index contributed by atoms with van der Waals surface area (Å²) in [6.07, 6.45) is 2.17. The highest BCUT2D eigenvalue weighted by Crippen LogP contribution is 2.21. The normalized spacial score (nSPS) is 12.7. The molecule has 0 heterocycles. The van der Waals surface area contributed by atoms with E-state index in [9.17, 15) is 4.79 Å². The van der Waals surface area contributed by atoms with Crippen molar-refractivity contribution in [2.45, 2.75) is 77.8 Å². The topological polar surface area (TPSA) is 38.8 Å². The molecule has 4 nitrogen and oxygen atoms in total. The first-order valence-corrected chi connectivity index (χ1v) is 14.9.